The van der Waals surface area contributed by atoms with Gasteiger partial charge in [-0.2, -0.15) is 0 Å². The highest BCUT2D eigenvalue weighted by atomic mass is 35.5. The molecule has 0 radical (unpaired) electrons. The van der Waals surface area contributed by atoms with Gasteiger partial charge in [-0.05, 0) is 43.2 Å². The van der Waals surface area contributed by atoms with Gasteiger partial charge in [0, 0.05) is 29.2 Å². The second-order valence-electron chi connectivity index (χ2n) is 6.06. The van der Waals surface area contributed by atoms with Gasteiger partial charge < -0.3 is 16.0 Å². The summed E-state index contributed by atoms with van der Waals surface area (Å²) >= 11 is 6.01. The van der Waals surface area contributed by atoms with Gasteiger partial charge in [-0.1, -0.05) is 35.9 Å². The molecule has 2 aromatic rings. The zero-order valence-corrected chi connectivity index (χ0v) is 16.0. The van der Waals surface area contributed by atoms with Gasteiger partial charge in [-0.25, -0.2) is 0 Å². The molecule has 3 amide bonds. The van der Waals surface area contributed by atoms with E-state index in [1.54, 1.807) is 37.3 Å². The third-order valence-electron chi connectivity index (χ3n) is 4.02. The van der Waals surface area contributed by atoms with Crippen LogP contribution in [0.15, 0.2) is 42.5 Å². The molecule has 0 aromatic heterocycles. The van der Waals surface area contributed by atoms with Crippen LogP contribution in [0.3, 0.4) is 0 Å². The first kappa shape index (κ1) is 20.5. The van der Waals surface area contributed by atoms with E-state index in [1.165, 1.54) is 0 Å². The van der Waals surface area contributed by atoms with Gasteiger partial charge >= 0.3 is 0 Å². The maximum absolute atomic E-state index is 12.1. The highest BCUT2D eigenvalue weighted by Crippen LogP contribution is 2.22. The molecule has 0 saturated carbocycles. The third kappa shape index (κ3) is 6.11. The summed E-state index contributed by atoms with van der Waals surface area (Å²) in [6.07, 6.45) is 0.0844. The standard InChI is InChI=1S/C20H22ClN3O3/c1-13-6-3-4-7-15(13)20(27)22-11-10-18(25)23-12-19(26)24-17-9-5-8-16(21)14(17)2/h3-9H,10-12H2,1-2H3,(H,22,27)(H,23,25)(H,24,26). The number of carbonyl (C=O) groups is 3. The minimum atomic E-state index is -0.349. The molecule has 3 N–H and O–H groups in total. The lowest BCUT2D eigenvalue weighted by Crippen LogP contribution is -2.35. The molecular weight excluding hydrogens is 366 g/mol. The average Bonchev–Trinajstić information content (AvgIpc) is 2.64. The normalized spacial score (nSPS) is 10.2. The van der Waals surface area contributed by atoms with Gasteiger partial charge in [-0.15, -0.1) is 0 Å². The third-order valence-corrected chi connectivity index (χ3v) is 4.42. The Morgan fingerprint density at radius 3 is 2.41 bits per heavy atom. The molecule has 0 aliphatic carbocycles. The Balaban J connectivity index is 1.71. The fourth-order valence-corrected chi connectivity index (χ4v) is 2.59. The summed E-state index contributed by atoms with van der Waals surface area (Å²) in [6, 6.07) is 12.4. The van der Waals surface area contributed by atoms with Crippen molar-refractivity contribution in [3.8, 4) is 0 Å². The van der Waals surface area contributed by atoms with Crippen molar-refractivity contribution in [3.63, 3.8) is 0 Å². The van der Waals surface area contributed by atoms with E-state index < -0.39 is 0 Å². The predicted molar refractivity (Wildman–Crippen MR) is 106 cm³/mol. The highest BCUT2D eigenvalue weighted by Gasteiger charge is 2.10. The first-order valence-electron chi connectivity index (χ1n) is 8.54. The summed E-state index contributed by atoms with van der Waals surface area (Å²) in [5.74, 6) is -0.897. The van der Waals surface area contributed by atoms with Crippen LogP contribution in [0.25, 0.3) is 0 Å². The minimum absolute atomic E-state index is 0.0844. The smallest absolute Gasteiger partial charge is 0.251 e. The first-order chi connectivity index (χ1) is 12.9. The molecule has 2 rings (SSSR count). The molecule has 2 aromatic carbocycles. The van der Waals surface area contributed by atoms with Crippen LogP contribution >= 0.6 is 11.6 Å². The number of benzene rings is 2. The second kappa shape index (κ2) is 9.73. The van der Waals surface area contributed by atoms with Crippen molar-refractivity contribution < 1.29 is 14.4 Å². The van der Waals surface area contributed by atoms with Gasteiger partial charge in [0.1, 0.15) is 0 Å². The van der Waals surface area contributed by atoms with Crippen LogP contribution in [-0.2, 0) is 9.59 Å². The summed E-state index contributed by atoms with van der Waals surface area (Å²) in [4.78, 5) is 35.8. The van der Waals surface area contributed by atoms with Crippen LogP contribution in [0.2, 0.25) is 5.02 Å². The predicted octanol–water partition coefficient (Wildman–Crippen LogP) is 2.83. The molecule has 0 bridgehead atoms. The minimum Gasteiger partial charge on any atom is -0.352 e. The zero-order valence-electron chi connectivity index (χ0n) is 15.3. The zero-order chi connectivity index (χ0) is 19.8. The number of hydrogen-bond donors (Lipinski definition) is 3. The van der Waals surface area contributed by atoms with E-state index in [0.29, 0.717) is 16.3 Å². The number of nitrogens with one attached hydrogen (secondary N) is 3. The molecular formula is C20H22ClN3O3. The van der Waals surface area contributed by atoms with Crippen LogP contribution < -0.4 is 16.0 Å². The van der Waals surface area contributed by atoms with Gasteiger partial charge in [0.2, 0.25) is 11.8 Å². The van der Waals surface area contributed by atoms with Crippen LogP contribution in [-0.4, -0.2) is 30.8 Å². The lowest BCUT2D eigenvalue weighted by atomic mass is 10.1. The Morgan fingerprint density at radius 1 is 0.926 bits per heavy atom. The van der Waals surface area contributed by atoms with Crippen molar-refractivity contribution in [2.75, 3.05) is 18.4 Å². The van der Waals surface area contributed by atoms with Crippen LogP contribution in [0.4, 0.5) is 5.69 Å². The monoisotopic (exact) mass is 387 g/mol. The fraction of sp³-hybridized carbons (Fsp3) is 0.250. The molecule has 0 aliphatic rings. The molecule has 0 aliphatic heterocycles. The van der Waals surface area contributed by atoms with Crippen molar-refractivity contribution in [2.45, 2.75) is 20.3 Å². The van der Waals surface area contributed by atoms with Gasteiger partial charge in [-0.3, -0.25) is 14.4 Å². The molecule has 0 unspecified atom stereocenters. The van der Waals surface area contributed by atoms with Gasteiger partial charge in [0.25, 0.3) is 5.91 Å². The number of amides is 3. The topological polar surface area (TPSA) is 87.3 Å². The maximum atomic E-state index is 12.1. The molecule has 7 heteroatoms. The Morgan fingerprint density at radius 2 is 1.67 bits per heavy atom. The summed E-state index contributed by atoms with van der Waals surface area (Å²) in [6.45, 7) is 3.68. The van der Waals surface area contributed by atoms with Gasteiger partial charge in [0.15, 0.2) is 0 Å². The number of anilines is 1. The second-order valence-corrected chi connectivity index (χ2v) is 6.47. The van der Waals surface area contributed by atoms with Crippen molar-refractivity contribution in [2.24, 2.45) is 0 Å². The van der Waals surface area contributed by atoms with Gasteiger partial charge in [0.05, 0.1) is 6.54 Å². The lowest BCUT2D eigenvalue weighted by molar-refractivity contribution is -0.124. The number of rotatable bonds is 7. The van der Waals surface area contributed by atoms with Crippen molar-refractivity contribution in [1.29, 1.82) is 0 Å². The maximum Gasteiger partial charge on any atom is 0.251 e. The SMILES string of the molecule is Cc1ccccc1C(=O)NCCC(=O)NCC(=O)Nc1cccc(Cl)c1C. The molecule has 0 heterocycles. The lowest BCUT2D eigenvalue weighted by Gasteiger charge is -2.10. The van der Waals surface area contributed by atoms with Crippen LogP contribution in [0.1, 0.15) is 27.9 Å². The molecule has 0 spiro atoms. The van der Waals surface area contributed by atoms with Crippen LogP contribution in [0, 0.1) is 13.8 Å². The average molecular weight is 388 g/mol. The highest BCUT2D eigenvalue weighted by molar-refractivity contribution is 6.31. The summed E-state index contributed by atoms with van der Waals surface area (Å²) < 4.78 is 0. The molecule has 142 valence electrons. The fourth-order valence-electron chi connectivity index (χ4n) is 2.42. The van der Waals surface area contributed by atoms with E-state index in [0.717, 1.165) is 11.1 Å². The molecule has 0 fully saturated rings. The van der Waals surface area contributed by atoms with E-state index in [4.69, 9.17) is 11.6 Å². The summed E-state index contributed by atoms with van der Waals surface area (Å²) in [7, 11) is 0. The van der Waals surface area contributed by atoms with Crippen LogP contribution in [0.5, 0.6) is 0 Å². The molecule has 0 atom stereocenters. The van der Waals surface area contributed by atoms with E-state index in [1.807, 2.05) is 19.1 Å². The Labute approximate surface area is 163 Å². The van der Waals surface area contributed by atoms with E-state index in [9.17, 15) is 14.4 Å². The summed E-state index contributed by atoms with van der Waals surface area (Å²) in [5, 5.41) is 8.48. The summed E-state index contributed by atoms with van der Waals surface area (Å²) in [5.41, 5.74) is 2.81. The molecule has 0 saturated heterocycles. The Hall–Kier alpha value is -2.86. The number of halogens is 1. The van der Waals surface area contributed by atoms with E-state index in [-0.39, 0.29) is 37.2 Å². The quantitative estimate of drug-likeness (QED) is 0.682. The van der Waals surface area contributed by atoms with E-state index >= 15 is 0 Å². The van der Waals surface area contributed by atoms with E-state index in [2.05, 4.69) is 16.0 Å². The Bertz CT molecular complexity index is 852. The van der Waals surface area contributed by atoms with Crippen molar-refractivity contribution in [3.05, 3.63) is 64.2 Å². The van der Waals surface area contributed by atoms with Crippen molar-refractivity contribution in [1.82, 2.24) is 10.6 Å². The van der Waals surface area contributed by atoms with Crippen molar-refractivity contribution >= 4 is 35.0 Å². The largest absolute Gasteiger partial charge is 0.352 e. The first-order valence-corrected chi connectivity index (χ1v) is 8.91. The molecule has 6 nitrogen and oxygen atoms in total. The number of aryl methyl sites for hydroxylation is 1. The number of hydrogen-bond acceptors (Lipinski definition) is 3. The Kier molecular flexibility index (Phi) is 7.37. The number of carbonyl (C=O) groups excluding carboxylic acids is 3. The molecule has 27 heavy (non-hydrogen) atoms.